The molecule has 1 saturated carbocycles. The summed E-state index contributed by atoms with van der Waals surface area (Å²) in [4.78, 5) is 11.6. The lowest BCUT2D eigenvalue weighted by molar-refractivity contribution is -0.187. The van der Waals surface area contributed by atoms with Crippen molar-refractivity contribution in [3.05, 3.63) is 11.9 Å². The molecule has 2 rings (SSSR count). The zero-order chi connectivity index (χ0) is 13.2. The molecule has 2 unspecified atom stereocenters. The van der Waals surface area contributed by atoms with Crippen LogP contribution in [-0.2, 0) is 0 Å². The number of rotatable bonds is 2. The van der Waals surface area contributed by atoms with E-state index < -0.39 is 24.0 Å². The molecule has 100 valence electrons. The number of nitrogens with one attached hydrogen (secondary N) is 2. The quantitative estimate of drug-likeness (QED) is 0.851. The monoisotopic (exact) mass is 262 g/mol. The number of hydrogen-bond acceptors (Lipinski definition) is 3. The number of halogens is 3. The molecule has 1 heterocycles. The molecular weight excluding hydrogens is 249 g/mol. The number of carbonyl (C=O) groups excluding carboxylic acids is 1. The summed E-state index contributed by atoms with van der Waals surface area (Å²) in [6, 6.07) is -0.872. The lowest BCUT2D eigenvalue weighted by Gasteiger charge is -2.33. The Morgan fingerprint density at radius 1 is 1.39 bits per heavy atom. The summed E-state index contributed by atoms with van der Waals surface area (Å²) in [7, 11) is 0. The predicted molar refractivity (Wildman–Crippen MR) is 55.6 cm³/mol. The highest BCUT2D eigenvalue weighted by molar-refractivity contribution is 5.92. The van der Waals surface area contributed by atoms with Crippen molar-refractivity contribution < 1.29 is 18.0 Å². The summed E-state index contributed by atoms with van der Waals surface area (Å²) in [6.45, 7) is 0. The van der Waals surface area contributed by atoms with E-state index in [0.29, 0.717) is 19.3 Å². The summed E-state index contributed by atoms with van der Waals surface area (Å²) in [5.41, 5.74) is 0.00139. The van der Waals surface area contributed by atoms with Crippen LogP contribution in [0, 0.1) is 5.92 Å². The van der Waals surface area contributed by atoms with Crippen molar-refractivity contribution in [2.75, 3.05) is 0 Å². The van der Waals surface area contributed by atoms with Gasteiger partial charge in [-0.1, -0.05) is 12.8 Å². The van der Waals surface area contributed by atoms with Gasteiger partial charge in [0.05, 0.1) is 12.1 Å². The zero-order valence-corrected chi connectivity index (χ0v) is 9.50. The van der Waals surface area contributed by atoms with Crippen LogP contribution in [0.25, 0.3) is 0 Å². The van der Waals surface area contributed by atoms with E-state index in [9.17, 15) is 18.0 Å². The lowest BCUT2D eigenvalue weighted by Crippen LogP contribution is -2.47. The zero-order valence-electron chi connectivity index (χ0n) is 9.50. The largest absolute Gasteiger partial charge is 0.393 e. The van der Waals surface area contributed by atoms with Crippen LogP contribution in [0.15, 0.2) is 6.20 Å². The van der Waals surface area contributed by atoms with Gasteiger partial charge in [-0.3, -0.25) is 4.79 Å². The Labute approximate surface area is 101 Å². The van der Waals surface area contributed by atoms with E-state index in [1.807, 2.05) is 0 Å². The van der Waals surface area contributed by atoms with Crippen molar-refractivity contribution in [2.45, 2.75) is 37.9 Å². The van der Waals surface area contributed by atoms with E-state index in [4.69, 9.17) is 0 Å². The first kappa shape index (κ1) is 12.8. The molecule has 0 radical (unpaired) electrons. The maximum absolute atomic E-state index is 12.8. The molecular formula is C10H13F3N4O. The molecule has 2 atom stereocenters. The Bertz CT molecular complexity index is 404. The summed E-state index contributed by atoms with van der Waals surface area (Å²) >= 11 is 0. The topological polar surface area (TPSA) is 70.7 Å². The minimum Gasteiger partial charge on any atom is -0.347 e. The fourth-order valence-corrected chi connectivity index (χ4v) is 2.25. The third-order valence-electron chi connectivity index (χ3n) is 3.15. The van der Waals surface area contributed by atoms with E-state index in [-0.39, 0.29) is 12.1 Å². The Kier molecular flexibility index (Phi) is 3.53. The minimum absolute atomic E-state index is 0.00139. The molecule has 0 saturated heterocycles. The molecule has 0 aromatic carbocycles. The number of hydrogen-bond donors (Lipinski definition) is 2. The highest BCUT2D eigenvalue weighted by Crippen LogP contribution is 2.37. The SMILES string of the molecule is O=C(NC1CCCCC1C(F)(F)F)c1cn[nH]n1. The normalized spacial score (nSPS) is 24.8. The van der Waals surface area contributed by atoms with Gasteiger partial charge >= 0.3 is 6.18 Å². The maximum atomic E-state index is 12.8. The van der Waals surface area contributed by atoms with Crippen LogP contribution in [0.5, 0.6) is 0 Å². The molecule has 1 fully saturated rings. The van der Waals surface area contributed by atoms with Crippen LogP contribution in [-0.4, -0.2) is 33.5 Å². The molecule has 1 aliphatic rings. The Hall–Kier alpha value is -1.60. The second-order valence-corrected chi connectivity index (χ2v) is 4.37. The average molecular weight is 262 g/mol. The first-order valence-electron chi connectivity index (χ1n) is 5.72. The van der Waals surface area contributed by atoms with Crippen molar-refractivity contribution >= 4 is 5.91 Å². The highest BCUT2D eigenvalue weighted by Gasteiger charge is 2.46. The molecule has 5 nitrogen and oxygen atoms in total. The van der Waals surface area contributed by atoms with Crippen LogP contribution in [0.1, 0.15) is 36.2 Å². The van der Waals surface area contributed by atoms with Crippen LogP contribution >= 0.6 is 0 Å². The van der Waals surface area contributed by atoms with E-state index in [1.165, 1.54) is 6.20 Å². The Morgan fingerprint density at radius 2 is 2.11 bits per heavy atom. The fourth-order valence-electron chi connectivity index (χ4n) is 2.25. The van der Waals surface area contributed by atoms with Gasteiger partial charge in [0.25, 0.3) is 5.91 Å². The molecule has 0 spiro atoms. The number of H-pyrrole nitrogens is 1. The molecule has 1 aromatic rings. The van der Waals surface area contributed by atoms with Crippen molar-refractivity contribution in [3.63, 3.8) is 0 Å². The molecule has 0 bridgehead atoms. The Morgan fingerprint density at radius 3 is 2.72 bits per heavy atom. The number of alkyl halides is 3. The van der Waals surface area contributed by atoms with E-state index in [0.717, 1.165) is 0 Å². The third-order valence-corrected chi connectivity index (χ3v) is 3.15. The van der Waals surface area contributed by atoms with Gasteiger partial charge in [0.1, 0.15) is 0 Å². The number of aromatic nitrogens is 3. The second kappa shape index (κ2) is 4.95. The summed E-state index contributed by atoms with van der Waals surface area (Å²) in [5.74, 6) is -2.09. The van der Waals surface area contributed by atoms with Crippen molar-refractivity contribution in [1.82, 2.24) is 20.7 Å². The van der Waals surface area contributed by atoms with Crippen molar-refractivity contribution in [1.29, 1.82) is 0 Å². The average Bonchev–Trinajstić information content (AvgIpc) is 2.81. The van der Waals surface area contributed by atoms with Gasteiger partial charge in [-0.25, -0.2) is 0 Å². The minimum atomic E-state index is -4.28. The van der Waals surface area contributed by atoms with E-state index in [2.05, 4.69) is 20.7 Å². The number of aromatic amines is 1. The van der Waals surface area contributed by atoms with Crippen molar-refractivity contribution in [2.24, 2.45) is 5.92 Å². The van der Waals surface area contributed by atoms with Gasteiger partial charge in [-0.05, 0) is 12.8 Å². The number of carbonyl (C=O) groups is 1. The predicted octanol–water partition coefficient (Wildman–Crippen LogP) is 1.66. The smallest absolute Gasteiger partial charge is 0.347 e. The van der Waals surface area contributed by atoms with E-state index >= 15 is 0 Å². The van der Waals surface area contributed by atoms with Gasteiger partial charge in [-0.2, -0.15) is 28.6 Å². The summed E-state index contributed by atoms with van der Waals surface area (Å²) in [5, 5.41) is 11.6. The molecule has 0 aliphatic heterocycles. The van der Waals surface area contributed by atoms with Crippen LogP contribution in [0.4, 0.5) is 13.2 Å². The fraction of sp³-hybridized carbons (Fsp3) is 0.700. The maximum Gasteiger partial charge on any atom is 0.393 e. The van der Waals surface area contributed by atoms with E-state index in [1.54, 1.807) is 0 Å². The lowest BCUT2D eigenvalue weighted by atomic mass is 9.84. The molecule has 1 amide bonds. The van der Waals surface area contributed by atoms with Gasteiger partial charge in [0.15, 0.2) is 5.69 Å². The molecule has 1 aromatic heterocycles. The highest BCUT2D eigenvalue weighted by atomic mass is 19.4. The van der Waals surface area contributed by atoms with Crippen molar-refractivity contribution in [3.8, 4) is 0 Å². The Balaban J connectivity index is 2.04. The molecule has 2 N–H and O–H groups in total. The van der Waals surface area contributed by atoms with Gasteiger partial charge < -0.3 is 5.32 Å². The van der Waals surface area contributed by atoms with Crippen LogP contribution in [0.2, 0.25) is 0 Å². The van der Waals surface area contributed by atoms with Gasteiger partial charge in [0.2, 0.25) is 0 Å². The van der Waals surface area contributed by atoms with Crippen LogP contribution in [0.3, 0.4) is 0 Å². The van der Waals surface area contributed by atoms with Gasteiger partial charge in [0, 0.05) is 6.04 Å². The summed E-state index contributed by atoms with van der Waals surface area (Å²) < 4.78 is 38.4. The number of nitrogens with zero attached hydrogens (tertiary/aromatic N) is 2. The van der Waals surface area contributed by atoms with Crippen LogP contribution < -0.4 is 5.32 Å². The van der Waals surface area contributed by atoms with Gasteiger partial charge in [-0.15, -0.1) is 0 Å². The summed E-state index contributed by atoms with van der Waals surface area (Å²) in [6.07, 6.45) is -1.46. The first-order valence-corrected chi connectivity index (χ1v) is 5.72. The molecule has 8 heteroatoms. The molecule has 1 aliphatic carbocycles. The molecule has 18 heavy (non-hydrogen) atoms. The second-order valence-electron chi connectivity index (χ2n) is 4.37. The first-order chi connectivity index (χ1) is 8.48. The number of amides is 1. The standard InChI is InChI=1S/C10H13F3N4O/c11-10(12,13)6-3-1-2-4-7(6)15-9(18)8-5-14-17-16-8/h5-7H,1-4H2,(H,15,18)(H,14,16,17). The third kappa shape index (κ3) is 2.80.